The lowest BCUT2D eigenvalue weighted by atomic mass is 10.1. The molecule has 0 radical (unpaired) electrons. The lowest BCUT2D eigenvalue weighted by Gasteiger charge is -2.07. The number of imidazole rings is 1. The van der Waals surface area contributed by atoms with Gasteiger partial charge in [-0.15, -0.1) is 0 Å². The molecule has 5 rings (SSSR count). The fraction of sp³-hybridized carbons (Fsp3) is 0.261. The van der Waals surface area contributed by atoms with Gasteiger partial charge in [0.05, 0.1) is 12.0 Å². The average molecular weight is 444 g/mol. The van der Waals surface area contributed by atoms with Crippen LogP contribution in [0.4, 0.5) is 5.82 Å². The van der Waals surface area contributed by atoms with E-state index < -0.39 is 0 Å². The number of aromatic nitrogens is 6. The van der Waals surface area contributed by atoms with Crippen molar-refractivity contribution in [3.05, 3.63) is 53.6 Å². The summed E-state index contributed by atoms with van der Waals surface area (Å²) in [6.07, 6.45) is 1.73. The maximum atomic E-state index is 12.6. The Hall–Kier alpha value is -4.21. The second-order valence-corrected chi connectivity index (χ2v) is 7.81. The van der Waals surface area contributed by atoms with Crippen LogP contribution in [0.2, 0.25) is 0 Å². The van der Waals surface area contributed by atoms with Crippen LogP contribution in [-0.2, 0) is 20.1 Å². The molecule has 0 atom stereocenters. The van der Waals surface area contributed by atoms with E-state index in [1.165, 1.54) is 0 Å². The van der Waals surface area contributed by atoms with Gasteiger partial charge >= 0.3 is 0 Å². The Morgan fingerprint density at radius 1 is 1.18 bits per heavy atom. The Bertz CT molecular complexity index is 1490. The summed E-state index contributed by atoms with van der Waals surface area (Å²) in [5.41, 5.74) is 5.78. The molecule has 168 valence electrons. The number of aryl methyl sites for hydroxylation is 3. The summed E-state index contributed by atoms with van der Waals surface area (Å²) in [5.74, 6) is 0.937. The quantitative estimate of drug-likeness (QED) is 0.413. The van der Waals surface area contributed by atoms with Gasteiger partial charge in [0.2, 0.25) is 5.89 Å². The second-order valence-electron chi connectivity index (χ2n) is 7.81. The fourth-order valence-corrected chi connectivity index (χ4v) is 3.93. The Morgan fingerprint density at radius 3 is 2.82 bits per heavy atom. The fourth-order valence-electron chi connectivity index (χ4n) is 3.93. The third-order valence-corrected chi connectivity index (χ3v) is 5.51. The van der Waals surface area contributed by atoms with E-state index in [-0.39, 0.29) is 5.91 Å². The van der Waals surface area contributed by atoms with Crippen LogP contribution in [0.1, 0.15) is 28.7 Å². The minimum Gasteiger partial charge on any atom is -0.418 e. The van der Waals surface area contributed by atoms with Gasteiger partial charge in [-0.05, 0) is 37.6 Å². The molecule has 0 fully saturated rings. The van der Waals surface area contributed by atoms with Crippen molar-refractivity contribution in [3.8, 4) is 11.5 Å². The number of rotatable bonds is 6. The first-order valence-electron chi connectivity index (χ1n) is 10.7. The van der Waals surface area contributed by atoms with Crippen molar-refractivity contribution in [2.75, 3.05) is 12.4 Å². The van der Waals surface area contributed by atoms with E-state index in [0.717, 1.165) is 27.9 Å². The summed E-state index contributed by atoms with van der Waals surface area (Å²) >= 11 is 0. The normalized spacial score (nSPS) is 11.4. The maximum absolute atomic E-state index is 12.6. The van der Waals surface area contributed by atoms with E-state index in [1.54, 1.807) is 24.1 Å². The third kappa shape index (κ3) is 3.59. The summed E-state index contributed by atoms with van der Waals surface area (Å²) < 4.78 is 9.61. The van der Waals surface area contributed by atoms with Crippen molar-refractivity contribution in [3.63, 3.8) is 0 Å². The molecular weight excluding hydrogens is 420 g/mol. The molecule has 10 heteroatoms. The van der Waals surface area contributed by atoms with Crippen LogP contribution < -0.4 is 10.6 Å². The molecule has 1 amide bonds. The SMILES string of the molecule is CCn1nc(C)cc1C(=O)NCc1cccc(-c2nc3c(nc(NC)c4ncn(C)c43)o2)c1. The highest BCUT2D eigenvalue weighted by atomic mass is 16.4. The molecule has 0 aliphatic rings. The zero-order valence-electron chi connectivity index (χ0n) is 18.9. The Labute approximate surface area is 189 Å². The number of carbonyl (C=O) groups excluding carboxylic acids is 1. The largest absolute Gasteiger partial charge is 0.418 e. The molecule has 0 unspecified atom stereocenters. The minimum atomic E-state index is -0.160. The van der Waals surface area contributed by atoms with Gasteiger partial charge in [0.25, 0.3) is 11.6 Å². The molecule has 0 spiro atoms. The number of oxazole rings is 1. The molecule has 33 heavy (non-hydrogen) atoms. The van der Waals surface area contributed by atoms with Crippen LogP contribution in [0.25, 0.3) is 33.7 Å². The van der Waals surface area contributed by atoms with Crippen molar-refractivity contribution >= 4 is 34.0 Å². The molecule has 2 N–H and O–H groups in total. The number of amides is 1. The van der Waals surface area contributed by atoms with Gasteiger partial charge in [0.15, 0.2) is 11.3 Å². The first kappa shape index (κ1) is 20.7. The van der Waals surface area contributed by atoms with Crippen molar-refractivity contribution in [1.29, 1.82) is 0 Å². The number of carbonyl (C=O) groups is 1. The summed E-state index contributed by atoms with van der Waals surface area (Å²) in [6, 6.07) is 9.53. The van der Waals surface area contributed by atoms with Gasteiger partial charge in [0, 0.05) is 32.7 Å². The molecule has 0 aliphatic heterocycles. The zero-order chi connectivity index (χ0) is 23.1. The van der Waals surface area contributed by atoms with Crippen LogP contribution in [0.3, 0.4) is 0 Å². The van der Waals surface area contributed by atoms with Crippen LogP contribution in [0.5, 0.6) is 0 Å². The number of nitrogens with zero attached hydrogens (tertiary/aromatic N) is 6. The van der Waals surface area contributed by atoms with Gasteiger partial charge in [-0.25, -0.2) is 9.97 Å². The maximum Gasteiger partial charge on any atom is 0.269 e. The number of fused-ring (bicyclic) bond motifs is 3. The lowest BCUT2D eigenvalue weighted by molar-refractivity contribution is 0.0940. The van der Waals surface area contributed by atoms with Crippen LogP contribution in [0, 0.1) is 6.92 Å². The predicted molar refractivity (Wildman–Crippen MR) is 125 cm³/mol. The number of benzene rings is 1. The molecule has 5 aromatic rings. The Kier molecular flexibility index (Phi) is 5.04. The number of hydrogen-bond acceptors (Lipinski definition) is 7. The number of anilines is 1. The molecular formula is C23H24N8O2. The predicted octanol–water partition coefficient (Wildman–Crippen LogP) is 3.27. The molecule has 0 saturated heterocycles. The van der Waals surface area contributed by atoms with Gasteiger partial charge in [-0.3, -0.25) is 9.48 Å². The minimum absolute atomic E-state index is 0.160. The molecule has 10 nitrogen and oxygen atoms in total. The first-order valence-corrected chi connectivity index (χ1v) is 10.7. The van der Waals surface area contributed by atoms with Gasteiger partial charge < -0.3 is 19.6 Å². The van der Waals surface area contributed by atoms with E-state index in [9.17, 15) is 4.79 Å². The van der Waals surface area contributed by atoms with E-state index in [1.807, 2.05) is 49.7 Å². The van der Waals surface area contributed by atoms with Crippen LogP contribution >= 0.6 is 0 Å². The van der Waals surface area contributed by atoms with E-state index in [2.05, 4.69) is 25.7 Å². The Balaban J connectivity index is 1.44. The summed E-state index contributed by atoms with van der Waals surface area (Å²) in [5, 5.41) is 10.4. The van der Waals surface area contributed by atoms with E-state index >= 15 is 0 Å². The average Bonchev–Trinajstić information content (AvgIpc) is 3.53. The van der Waals surface area contributed by atoms with Crippen molar-refractivity contribution < 1.29 is 9.21 Å². The molecule has 0 bridgehead atoms. The van der Waals surface area contributed by atoms with Crippen molar-refractivity contribution in [2.45, 2.75) is 26.9 Å². The number of pyridine rings is 1. The molecule has 0 saturated carbocycles. The van der Waals surface area contributed by atoms with Crippen molar-refractivity contribution in [2.24, 2.45) is 7.05 Å². The second kappa shape index (κ2) is 8.05. The topological polar surface area (TPSA) is 116 Å². The number of nitrogens with one attached hydrogen (secondary N) is 2. The molecule has 0 aliphatic carbocycles. The highest BCUT2D eigenvalue weighted by Gasteiger charge is 2.19. The monoisotopic (exact) mass is 444 g/mol. The van der Waals surface area contributed by atoms with Gasteiger partial charge in [0.1, 0.15) is 16.7 Å². The Morgan fingerprint density at radius 2 is 2.03 bits per heavy atom. The molecule has 4 heterocycles. The standard InChI is InChI=1S/C23H24N8O2/c1-5-31-16(9-13(2)29-31)21(32)25-11-14-7-6-8-15(10-14)22-27-18-19-17(26-12-30(19)4)20(24-3)28-23(18)33-22/h6-10,12H,5,11H2,1-4H3,(H,24,28)(H,25,32). The highest BCUT2D eigenvalue weighted by molar-refractivity contribution is 6.03. The summed E-state index contributed by atoms with van der Waals surface area (Å²) in [6.45, 7) is 4.84. The van der Waals surface area contributed by atoms with Gasteiger partial charge in [-0.2, -0.15) is 10.1 Å². The van der Waals surface area contributed by atoms with Crippen molar-refractivity contribution in [1.82, 2.24) is 34.6 Å². The lowest BCUT2D eigenvalue weighted by Crippen LogP contribution is -2.25. The summed E-state index contributed by atoms with van der Waals surface area (Å²) in [4.78, 5) is 26.3. The number of hydrogen-bond donors (Lipinski definition) is 2. The zero-order valence-corrected chi connectivity index (χ0v) is 18.9. The molecule has 4 aromatic heterocycles. The van der Waals surface area contributed by atoms with E-state index in [0.29, 0.717) is 41.7 Å². The van der Waals surface area contributed by atoms with Gasteiger partial charge in [-0.1, -0.05) is 12.1 Å². The molecule has 1 aromatic carbocycles. The van der Waals surface area contributed by atoms with Crippen LogP contribution in [-0.4, -0.2) is 42.3 Å². The first-order chi connectivity index (χ1) is 16.0. The highest BCUT2D eigenvalue weighted by Crippen LogP contribution is 2.31. The van der Waals surface area contributed by atoms with E-state index in [4.69, 9.17) is 9.40 Å². The smallest absolute Gasteiger partial charge is 0.269 e. The summed E-state index contributed by atoms with van der Waals surface area (Å²) in [7, 11) is 3.71. The van der Waals surface area contributed by atoms with Crippen LogP contribution in [0.15, 0.2) is 41.1 Å². The third-order valence-electron chi connectivity index (χ3n) is 5.51.